The Morgan fingerprint density at radius 2 is 2.00 bits per heavy atom. The molecule has 1 saturated heterocycles. The van der Waals surface area contributed by atoms with Gasteiger partial charge in [0.05, 0.1) is 34.4 Å². The van der Waals surface area contributed by atoms with Gasteiger partial charge < -0.3 is 15.3 Å². The molecule has 6 nitrogen and oxygen atoms in total. The number of carbonyl (C=O) groups is 1. The molecule has 0 saturated carbocycles. The van der Waals surface area contributed by atoms with Crippen molar-refractivity contribution < 1.29 is 14.3 Å². The molecule has 0 aliphatic carbocycles. The number of hydrogen-bond acceptors (Lipinski definition) is 4. The Bertz CT molecular complexity index is 1120. The topological polar surface area (TPSA) is 70.4 Å². The molecular weight excluding hydrogens is 478 g/mol. The van der Waals surface area contributed by atoms with Gasteiger partial charge in [0.1, 0.15) is 5.82 Å². The molecule has 0 radical (unpaired) electrons. The fraction of sp³-hybridized carbons (Fsp3) is 0.360. The standard InChI is InChI=1S/C17H22N4O2.C6H3Cl2F.C2H6/c1-3-17(23)20-7-6-14(11-20)18-13-4-5-15-12(2)19-21(8-9-22)16(15)10-13;7-5-2-1-4(9)3-6(5)8;1-2/h3-5,10,14,18,22H,1,6-9,11H2,2H3;1-3H;1-2H3. The summed E-state index contributed by atoms with van der Waals surface area (Å²) in [5, 5.41) is 18.8. The van der Waals surface area contributed by atoms with Gasteiger partial charge in [-0.1, -0.05) is 43.6 Å². The molecule has 1 aliphatic rings. The van der Waals surface area contributed by atoms with E-state index in [-0.39, 0.29) is 29.4 Å². The Kier molecular flexibility index (Phi) is 10.8. The molecule has 1 unspecified atom stereocenters. The van der Waals surface area contributed by atoms with Crippen molar-refractivity contribution in [3.8, 4) is 0 Å². The van der Waals surface area contributed by atoms with Crippen LogP contribution in [-0.2, 0) is 11.3 Å². The molecule has 2 N–H and O–H groups in total. The lowest BCUT2D eigenvalue weighted by atomic mass is 10.1. The fourth-order valence-electron chi connectivity index (χ4n) is 3.61. The number of benzene rings is 2. The van der Waals surface area contributed by atoms with E-state index in [4.69, 9.17) is 23.2 Å². The number of halogens is 3. The van der Waals surface area contributed by atoms with Gasteiger partial charge in [-0.25, -0.2) is 4.39 Å². The van der Waals surface area contributed by atoms with E-state index in [9.17, 15) is 14.3 Å². The number of hydrogen-bond donors (Lipinski definition) is 2. The lowest BCUT2D eigenvalue weighted by Gasteiger charge is -2.16. The van der Waals surface area contributed by atoms with Crippen LogP contribution in [0.25, 0.3) is 10.9 Å². The number of aliphatic hydroxyl groups is 1. The second kappa shape index (κ2) is 13.3. The summed E-state index contributed by atoms with van der Waals surface area (Å²) in [7, 11) is 0. The summed E-state index contributed by atoms with van der Waals surface area (Å²) in [6, 6.07) is 10.2. The molecule has 1 fully saturated rings. The predicted octanol–water partition coefficient (Wildman–Crippen LogP) is 5.69. The van der Waals surface area contributed by atoms with Gasteiger partial charge in [-0.2, -0.15) is 5.10 Å². The van der Waals surface area contributed by atoms with Crippen LogP contribution >= 0.6 is 23.2 Å². The first-order valence-corrected chi connectivity index (χ1v) is 11.9. The van der Waals surface area contributed by atoms with Gasteiger partial charge in [-0.15, -0.1) is 0 Å². The van der Waals surface area contributed by atoms with Gasteiger partial charge in [0.2, 0.25) is 5.91 Å². The molecule has 2 aromatic carbocycles. The smallest absolute Gasteiger partial charge is 0.246 e. The van der Waals surface area contributed by atoms with E-state index >= 15 is 0 Å². The van der Waals surface area contributed by atoms with Crippen molar-refractivity contribution in [3.05, 3.63) is 70.6 Å². The summed E-state index contributed by atoms with van der Waals surface area (Å²) >= 11 is 10.9. The van der Waals surface area contributed by atoms with Gasteiger partial charge >= 0.3 is 0 Å². The number of nitrogens with one attached hydrogen (secondary N) is 1. The number of aromatic nitrogens is 2. The third kappa shape index (κ3) is 7.19. The number of likely N-dealkylation sites (tertiary alicyclic amines) is 1. The Morgan fingerprint density at radius 3 is 2.62 bits per heavy atom. The zero-order valence-electron chi connectivity index (χ0n) is 19.7. The van der Waals surface area contributed by atoms with E-state index in [1.165, 1.54) is 24.3 Å². The summed E-state index contributed by atoms with van der Waals surface area (Å²) in [6.45, 7) is 11.5. The van der Waals surface area contributed by atoms with E-state index in [2.05, 4.69) is 29.1 Å². The van der Waals surface area contributed by atoms with Crippen molar-refractivity contribution in [3.63, 3.8) is 0 Å². The predicted molar refractivity (Wildman–Crippen MR) is 138 cm³/mol. The SMILES string of the molecule is C=CC(=O)N1CCC(Nc2ccc3c(C)nn(CCO)c3c2)C1.CC.Fc1ccc(Cl)c(Cl)c1. The fourth-order valence-corrected chi connectivity index (χ4v) is 3.89. The number of nitrogens with zero attached hydrogens (tertiary/aromatic N) is 3. The van der Waals surface area contributed by atoms with Crippen LogP contribution in [0.5, 0.6) is 0 Å². The largest absolute Gasteiger partial charge is 0.394 e. The van der Waals surface area contributed by atoms with E-state index in [0.717, 1.165) is 35.2 Å². The van der Waals surface area contributed by atoms with Crippen LogP contribution in [0.1, 0.15) is 26.0 Å². The Morgan fingerprint density at radius 1 is 1.26 bits per heavy atom. The van der Waals surface area contributed by atoms with Crippen LogP contribution in [0.3, 0.4) is 0 Å². The molecular formula is C25H31Cl2FN4O2. The van der Waals surface area contributed by atoms with Gasteiger partial charge in [0.15, 0.2) is 0 Å². The second-order valence-corrected chi connectivity index (χ2v) is 8.26. The number of anilines is 1. The molecule has 3 aromatic rings. The molecule has 34 heavy (non-hydrogen) atoms. The Hall–Kier alpha value is -2.61. The average molecular weight is 509 g/mol. The number of amides is 1. The maximum Gasteiger partial charge on any atom is 0.246 e. The molecule has 184 valence electrons. The number of aryl methyl sites for hydroxylation is 1. The van der Waals surface area contributed by atoms with Crippen LogP contribution < -0.4 is 5.32 Å². The molecule has 0 bridgehead atoms. The van der Waals surface area contributed by atoms with E-state index < -0.39 is 0 Å². The van der Waals surface area contributed by atoms with E-state index in [0.29, 0.717) is 18.1 Å². The summed E-state index contributed by atoms with van der Waals surface area (Å²) in [4.78, 5) is 13.5. The highest BCUT2D eigenvalue weighted by molar-refractivity contribution is 6.41. The monoisotopic (exact) mass is 508 g/mol. The Labute approximate surface area is 210 Å². The highest BCUT2D eigenvalue weighted by atomic mass is 35.5. The van der Waals surface area contributed by atoms with Crippen molar-refractivity contribution in [2.24, 2.45) is 0 Å². The summed E-state index contributed by atoms with van der Waals surface area (Å²) in [5.74, 6) is -0.384. The molecule has 1 aromatic heterocycles. The van der Waals surface area contributed by atoms with Crippen molar-refractivity contribution >= 4 is 45.7 Å². The maximum absolute atomic E-state index is 12.2. The summed E-state index contributed by atoms with van der Waals surface area (Å²) < 4.78 is 14.0. The minimum absolute atomic E-state index is 0.0126. The van der Waals surface area contributed by atoms with Gasteiger partial charge in [-0.05, 0) is 55.8 Å². The zero-order valence-corrected chi connectivity index (χ0v) is 21.2. The minimum Gasteiger partial charge on any atom is -0.394 e. The molecule has 1 atom stereocenters. The molecule has 9 heteroatoms. The first-order valence-electron chi connectivity index (χ1n) is 11.2. The highest BCUT2D eigenvalue weighted by Crippen LogP contribution is 2.24. The zero-order chi connectivity index (χ0) is 25.3. The molecule has 2 heterocycles. The summed E-state index contributed by atoms with van der Waals surface area (Å²) in [5.41, 5.74) is 2.98. The van der Waals surface area contributed by atoms with Gasteiger partial charge in [0, 0.05) is 30.2 Å². The average Bonchev–Trinajstić information content (AvgIpc) is 3.42. The van der Waals surface area contributed by atoms with E-state index in [1.54, 1.807) is 0 Å². The van der Waals surface area contributed by atoms with Crippen LogP contribution in [-0.4, -0.2) is 51.4 Å². The number of aliphatic hydroxyl groups excluding tert-OH is 1. The molecule has 1 amide bonds. The number of fused-ring (bicyclic) bond motifs is 1. The third-order valence-corrected chi connectivity index (χ3v) is 5.91. The van der Waals surface area contributed by atoms with Crippen molar-refractivity contribution in [1.82, 2.24) is 14.7 Å². The molecule has 4 rings (SSSR count). The number of rotatable bonds is 5. The van der Waals surface area contributed by atoms with E-state index in [1.807, 2.05) is 36.4 Å². The first kappa shape index (κ1) is 27.6. The summed E-state index contributed by atoms with van der Waals surface area (Å²) in [6.07, 6.45) is 2.29. The Balaban J connectivity index is 0.000000311. The van der Waals surface area contributed by atoms with Crippen molar-refractivity contribution in [1.29, 1.82) is 0 Å². The maximum atomic E-state index is 12.2. The van der Waals surface area contributed by atoms with Crippen LogP contribution in [0.2, 0.25) is 10.0 Å². The second-order valence-electron chi connectivity index (χ2n) is 7.44. The minimum atomic E-state index is -0.371. The first-order chi connectivity index (χ1) is 16.3. The van der Waals surface area contributed by atoms with Crippen LogP contribution in [0, 0.1) is 12.7 Å². The lowest BCUT2D eigenvalue weighted by molar-refractivity contribution is -0.125. The number of carbonyl (C=O) groups excluding carboxylic acids is 1. The quantitative estimate of drug-likeness (QED) is 0.342. The molecule has 0 spiro atoms. The van der Waals surface area contributed by atoms with Crippen LogP contribution in [0.4, 0.5) is 10.1 Å². The van der Waals surface area contributed by atoms with Crippen molar-refractivity contribution in [2.75, 3.05) is 25.0 Å². The van der Waals surface area contributed by atoms with Crippen LogP contribution in [0.15, 0.2) is 49.1 Å². The highest BCUT2D eigenvalue weighted by Gasteiger charge is 2.24. The van der Waals surface area contributed by atoms with Gasteiger partial charge in [-0.3, -0.25) is 9.48 Å². The van der Waals surface area contributed by atoms with Crippen molar-refractivity contribution in [2.45, 2.75) is 39.8 Å². The third-order valence-electron chi connectivity index (χ3n) is 5.18. The van der Waals surface area contributed by atoms with Gasteiger partial charge in [0.25, 0.3) is 0 Å². The lowest BCUT2D eigenvalue weighted by Crippen LogP contribution is -2.30. The molecule has 1 aliphatic heterocycles. The normalized spacial score (nSPS) is 14.7.